The molecular weight excluding hydrogens is 462 g/mol. The van der Waals surface area contributed by atoms with Crippen LogP contribution in [0.3, 0.4) is 0 Å². The first-order valence-electron chi connectivity index (χ1n) is 13.1. The molecule has 3 heterocycles. The molecule has 0 saturated heterocycles. The number of nitrogens with one attached hydrogen (secondary N) is 2. The number of hydrogen-bond acceptors (Lipinski definition) is 6. The zero-order chi connectivity index (χ0) is 25.7. The number of hydrogen-bond donors (Lipinski definition) is 2. The Labute approximate surface area is 216 Å². The van der Waals surface area contributed by atoms with Crippen molar-refractivity contribution in [3.05, 3.63) is 53.7 Å². The molecule has 2 saturated carbocycles. The van der Waals surface area contributed by atoms with Gasteiger partial charge in [0, 0.05) is 53.9 Å². The summed E-state index contributed by atoms with van der Waals surface area (Å²) >= 11 is 0. The smallest absolute Gasteiger partial charge is 0.217 e. The summed E-state index contributed by atoms with van der Waals surface area (Å²) in [6.07, 6.45) is 5.69. The Kier molecular flexibility index (Phi) is 5.79. The molecule has 2 fully saturated rings. The van der Waals surface area contributed by atoms with Crippen LogP contribution in [0, 0.1) is 29.1 Å². The van der Waals surface area contributed by atoms with Gasteiger partial charge in [-0.05, 0) is 69.2 Å². The van der Waals surface area contributed by atoms with Crippen molar-refractivity contribution in [2.24, 2.45) is 28.0 Å². The van der Waals surface area contributed by atoms with Crippen LogP contribution in [0.4, 0.5) is 5.69 Å². The first kappa shape index (κ1) is 23.4. The highest BCUT2D eigenvalue weighted by Gasteiger charge is 2.48. The number of nitrogens with zero attached hydrogens (tertiary/aromatic N) is 5. The second-order valence-electron chi connectivity index (χ2n) is 10.9. The molecule has 0 spiro atoms. The van der Waals surface area contributed by atoms with Crippen molar-refractivity contribution in [1.29, 1.82) is 5.26 Å². The largest absolute Gasteiger partial charge is 0.382 e. The standard InChI is InChI=1S/C29H31N7O/c1-16(2)32-26-11-19(29-7-5-22-8-18(14-30)15-31-36(22)29)4-6-23(26)27-13-28(35-34-27)24-10-21-9-20(24)12-25(21)33-17(3)37/h4-8,11,15-16,20-21,24-25,32H,9-10,12-13H2,1-3H3,(H,33,37)/t20-,21-,24?,25+/m1/s1. The van der Waals surface area contributed by atoms with Gasteiger partial charge in [-0.2, -0.15) is 20.6 Å². The number of anilines is 1. The number of aromatic nitrogens is 2. The zero-order valence-electron chi connectivity index (χ0n) is 21.4. The molecule has 2 aliphatic carbocycles. The molecule has 8 nitrogen and oxygen atoms in total. The van der Waals surface area contributed by atoms with Gasteiger partial charge in [0.25, 0.3) is 0 Å². The Hall–Kier alpha value is -3.99. The predicted octanol–water partition coefficient (Wildman–Crippen LogP) is 4.79. The summed E-state index contributed by atoms with van der Waals surface area (Å²) in [4.78, 5) is 11.5. The molecule has 2 bridgehead atoms. The second kappa shape index (κ2) is 9.15. The Morgan fingerprint density at radius 3 is 2.70 bits per heavy atom. The lowest BCUT2D eigenvalue weighted by atomic mass is 9.81. The van der Waals surface area contributed by atoms with Crippen LogP contribution < -0.4 is 10.6 Å². The summed E-state index contributed by atoms with van der Waals surface area (Å²) in [7, 11) is 0. The molecule has 188 valence electrons. The Morgan fingerprint density at radius 1 is 1.11 bits per heavy atom. The molecule has 4 atom stereocenters. The van der Waals surface area contributed by atoms with Crippen molar-refractivity contribution in [1.82, 2.24) is 14.9 Å². The first-order valence-corrected chi connectivity index (χ1v) is 13.1. The van der Waals surface area contributed by atoms with Gasteiger partial charge in [0.1, 0.15) is 6.07 Å². The van der Waals surface area contributed by atoms with Gasteiger partial charge in [-0.3, -0.25) is 4.79 Å². The van der Waals surface area contributed by atoms with E-state index in [0.717, 1.165) is 53.0 Å². The van der Waals surface area contributed by atoms with Crippen molar-refractivity contribution in [2.75, 3.05) is 5.32 Å². The lowest BCUT2D eigenvalue weighted by Gasteiger charge is -2.28. The van der Waals surface area contributed by atoms with Crippen LogP contribution in [0.2, 0.25) is 0 Å². The van der Waals surface area contributed by atoms with Crippen LogP contribution in [0.25, 0.3) is 16.8 Å². The number of nitriles is 1. The molecule has 2 aromatic heterocycles. The molecule has 0 radical (unpaired) electrons. The van der Waals surface area contributed by atoms with Crippen LogP contribution >= 0.6 is 0 Å². The lowest BCUT2D eigenvalue weighted by Crippen LogP contribution is -2.39. The molecule has 8 heteroatoms. The maximum Gasteiger partial charge on any atom is 0.217 e. The summed E-state index contributed by atoms with van der Waals surface area (Å²) < 4.78 is 1.87. The van der Waals surface area contributed by atoms with E-state index < -0.39 is 0 Å². The highest BCUT2D eigenvalue weighted by Crippen LogP contribution is 2.50. The van der Waals surface area contributed by atoms with E-state index in [1.54, 1.807) is 13.1 Å². The van der Waals surface area contributed by atoms with Crippen LogP contribution in [0.5, 0.6) is 0 Å². The van der Waals surface area contributed by atoms with E-state index >= 15 is 0 Å². The minimum absolute atomic E-state index is 0.0717. The Morgan fingerprint density at radius 2 is 1.97 bits per heavy atom. The minimum Gasteiger partial charge on any atom is -0.382 e. The fraction of sp³-hybridized carbons (Fsp3) is 0.414. The van der Waals surface area contributed by atoms with E-state index in [1.807, 2.05) is 22.7 Å². The molecule has 3 aliphatic rings. The lowest BCUT2D eigenvalue weighted by molar-refractivity contribution is -0.120. The SMILES string of the molecule is CC(=O)N[C@H]1C[C@H]2C[C@@H]1CC2C1=NN=C(c2ccc(-c3ccc4cc(C#N)cnn34)cc2NC(C)C)C1. The maximum atomic E-state index is 11.5. The number of rotatable bonds is 6. The van der Waals surface area contributed by atoms with Crippen molar-refractivity contribution >= 4 is 28.5 Å². The zero-order valence-corrected chi connectivity index (χ0v) is 21.4. The van der Waals surface area contributed by atoms with Gasteiger partial charge in [0.15, 0.2) is 0 Å². The molecule has 1 aliphatic heterocycles. The van der Waals surface area contributed by atoms with Crippen molar-refractivity contribution in [3.8, 4) is 17.3 Å². The maximum absolute atomic E-state index is 11.5. The average molecular weight is 494 g/mol. The highest BCUT2D eigenvalue weighted by molar-refractivity contribution is 6.18. The fourth-order valence-corrected chi connectivity index (χ4v) is 6.51. The number of carbonyl (C=O) groups excluding carboxylic acids is 1. The van der Waals surface area contributed by atoms with E-state index in [9.17, 15) is 10.1 Å². The van der Waals surface area contributed by atoms with Gasteiger partial charge in [0.2, 0.25) is 5.91 Å². The average Bonchev–Trinajstić information content (AvgIpc) is 3.65. The molecule has 2 N–H and O–H groups in total. The third kappa shape index (κ3) is 4.29. The molecule has 1 amide bonds. The van der Waals surface area contributed by atoms with Crippen molar-refractivity contribution < 1.29 is 4.79 Å². The van der Waals surface area contributed by atoms with Crippen molar-refractivity contribution in [3.63, 3.8) is 0 Å². The van der Waals surface area contributed by atoms with E-state index in [0.29, 0.717) is 29.4 Å². The summed E-state index contributed by atoms with van der Waals surface area (Å²) in [5, 5.41) is 29.8. The van der Waals surface area contributed by atoms with Gasteiger partial charge in [-0.1, -0.05) is 12.1 Å². The quantitative estimate of drug-likeness (QED) is 0.515. The second-order valence-corrected chi connectivity index (χ2v) is 10.9. The molecule has 1 aromatic carbocycles. The minimum atomic E-state index is 0.0717. The van der Waals surface area contributed by atoms with Crippen molar-refractivity contribution in [2.45, 2.75) is 58.5 Å². The molecule has 6 rings (SSSR count). The van der Waals surface area contributed by atoms with Crippen LogP contribution in [0.15, 0.2) is 52.8 Å². The van der Waals surface area contributed by atoms with E-state index in [2.05, 4.69) is 64.1 Å². The monoisotopic (exact) mass is 493 g/mol. The highest BCUT2D eigenvalue weighted by atomic mass is 16.1. The topological polar surface area (TPSA) is 107 Å². The molecule has 3 aromatic rings. The Balaban J connectivity index is 1.23. The summed E-state index contributed by atoms with van der Waals surface area (Å²) in [6.45, 7) is 5.87. The number of carbonyl (C=O) groups is 1. The molecule has 1 unspecified atom stereocenters. The van der Waals surface area contributed by atoms with Crippen LogP contribution in [-0.4, -0.2) is 39.0 Å². The van der Waals surface area contributed by atoms with Gasteiger partial charge >= 0.3 is 0 Å². The molecular formula is C29H31N7O. The predicted molar refractivity (Wildman–Crippen MR) is 145 cm³/mol. The third-order valence-corrected chi connectivity index (χ3v) is 8.02. The fourth-order valence-electron chi connectivity index (χ4n) is 6.51. The summed E-state index contributed by atoms with van der Waals surface area (Å²) in [6, 6.07) is 15.0. The van der Waals surface area contributed by atoms with Gasteiger partial charge < -0.3 is 10.6 Å². The van der Waals surface area contributed by atoms with E-state index in [-0.39, 0.29) is 11.9 Å². The number of fused-ring (bicyclic) bond motifs is 3. The summed E-state index contributed by atoms with van der Waals surface area (Å²) in [5.74, 6) is 1.68. The number of amides is 1. The first-order chi connectivity index (χ1) is 17.9. The van der Waals surface area contributed by atoms with Gasteiger partial charge in [-0.25, -0.2) is 4.52 Å². The normalized spacial score (nSPS) is 24.3. The van der Waals surface area contributed by atoms with Gasteiger partial charge in [-0.15, -0.1) is 0 Å². The summed E-state index contributed by atoms with van der Waals surface area (Å²) in [5.41, 5.74) is 7.76. The van der Waals surface area contributed by atoms with Gasteiger partial charge in [0.05, 0.1) is 28.7 Å². The van der Waals surface area contributed by atoms with E-state index in [1.165, 1.54) is 12.1 Å². The van der Waals surface area contributed by atoms with Crippen LogP contribution in [-0.2, 0) is 4.79 Å². The number of benzene rings is 1. The van der Waals surface area contributed by atoms with Crippen LogP contribution in [0.1, 0.15) is 57.6 Å². The third-order valence-electron chi connectivity index (χ3n) is 8.02. The van der Waals surface area contributed by atoms with E-state index in [4.69, 9.17) is 0 Å². The molecule has 37 heavy (non-hydrogen) atoms. The Bertz CT molecular complexity index is 1490.